The molecule has 0 radical (unpaired) electrons. The molecule has 0 saturated heterocycles. The summed E-state index contributed by atoms with van der Waals surface area (Å²) in [6.07, 6.45) is 1.83. The Morgan fingerprint density at radius 1 is 1.55 bits per heavy atom. The van der Waals surface area contributed by atoms with Gasteiger partial charge < -0.3 is 9.53 Å². The summed E-state index contributed by atoms with van der Waals surface area (Å²) < 4.78 is 4.94. The molecule has 0 fully saturated rings. The van der Waals surface area contributed by atoms with Gasteiger partial charge in [-0.15, -0.1) is 0 Å². The SMILES string of the molecule is CC(=O)OC(C)(C)CCC=O. The molecule has 0 aromatic carbocycles. The van der Waals surface area contributed by atoms with E-state index in [1.807, 2.05) is 0 Å². The molecule has 0 unspecified atom stereocenters. The van der Waals surface area contributed by atoms with Crippen LogP contribution in [0, 0.1) is 0 Å². The highest BCUT2D eigenvalue weighted by molar-refractivity contribution is 5.66. The Bertz CT molecular complexity index is 149. The Labute approximate surface area is 66.7 Å². The van der Waals surface area contributed by atoms with Crippen molar-refractivity contribution < 1.29 is 14.3 Å². The van der Waals surface area contributed by atoms with Gasteiger partial charge in [-0.1, -0.05) is 0 Å². The van der Waals surface area contributed by atoms with E-state index < -0.39 is 5.60 Å². The van der Waals surface area contributed by atoms with Crippen molar-refractivity contribution in [1.82, 2.24) is 0 Å². The van der Waals surface area contributed by atoms with Gasteiger partial charge in [-0.3, -0.25) is 4.79 Å². The Kier molecular flexibility index (Phi) is 3.79. The van der Waals surface area contributed by atoms with Crippen LogP contribution in [0.3, 0.4) is 0 Å². The van der Waals surface area contributed by atoms with Crippen molar-refractivity contribution in [2.24, 2.45) is 0 Å². The van der Waals surface area contributed by atoms with Crippen molar-refractivity contribution in [2.75, 3.05) is 0 Å². The molecule has 11 heavy (non-hydrogen) atoms. The molecule has 3 nitrogen and oxygen atoms in total. The lowest BCUT2D eigenvalue weighted by Gasteiger charge is -2.22. The molecule has 0 atom stereocenters. The number of rotatable bonds is 4. The molecular weight excluding hydrogens is 144 g/mol. The Hall–Kier alpha value is -0.860. The van der Waals surface area contributed by atoms with Crippen molar-refractivity contribution in [3.8, 4) is 0 Å². The van der Waals surface area contributed by atoms with Crippen LogP contribution in [0.4, 0.5) is 0 Å². The fourth-order valence-electron chi connectivity index (χ4n) is 0.847. The lowest BCUT2D eigenvalue weighted by atomic mass is 10.0. The number of carbonyl (C=O) groups is 2. The third-order valence-electron chi connectivity index (χ3n) is 1.28. The first-order valence-corrected chi connectivity index (χ1v) is 3.61. The molecule has 0 aliphatic heterocycles. The van der Waals surface area contributed by atoms with Gasteiger partial charge in [-0.25, -0.2) is 0 Å². The Balaban J connectivity index is 3.78. The number of esters is 1. The van der Waals surface area contributed by atoms with Crippen molar-refractivity contribution >= 4 is 12.3 Å². The molecular formula is C8H14O3. The molecule has 3 heteroatoms. The monoisotopic (exact) mass is 158 g/mol. The molecule has 0 heterocycles. The van der Waals surface area contributed by atoms with Crippen LogP contribution in [-0.4, -0.2) is 17.9 Å². The average Bonchev–Trinajstić information content (AvgIpc) is 1.81. The van der Waals surface area contributed by atoms with E-state index in [1.165, 1.54) is 6.92 Å². The molecule has 0 aliphatic rings. The van der Waals surface area contributed by atoms with Gasteiger partial charge in [0, 0.05) is 13.3 Å². The highest BCUT2D eigenvalue weighted by Crippen LogP contribution is 2.15. The van der Waals surface area contributed by atoms with Crippen LogP contribution in [-0.2, 0) is 14.3 Å². The third kappa shape index (κ3) is 5.58. The van der Waals surface area contributed by atoms with Gasteiger partial charge in [0.2, 0.25) is 0 Å². The molecule has 64 valence electrons. The summed E-state index contributed by atoms with van der Waals surface area (Å²) in [4.78, 5) is 20.5. The van der Waals surface area contributed by atoms with Crippen LogP contribution in [0.15, 0.2) is 0 Å². The first kappa shape index (κ1) is 10.1. The number of hydrogen-bond donors (Lipinski definition) is 0. The van der Waals surface area contributed by atoms with Crippen LogP contribution in [0.2, 0.25) is 0 Å². The predicted octanol–water partition coefficient (Wildman–Crippen LogP) is 1.31. The number of carbonyl (C=O) groups excluding carboxylic acids is 2. The van der Waals surface area contributed by atoms with E-state index >= 15 is 0 Å². The third-order valence-corrected chi connectivity index (χ3v) is 1.28. The number of aldehydes is 1. The maximum absolute atomic E-state index is 10.5. The van der Waals surface area contributed by atoms with E-state index in [0.29, 0.717) is 12.8 Å². The summed E-state index contributed by atoms with van der Waals surface area (Å²) in [7, 11) is 0. The highest BCUT2D eigenvalue weighted by Gasteiger charge is 2.19. The predicted molar refractivity (Wildman–Crippen MR) is 41.1 cm³/mol. The fraction of sp³-hybridized carbons (Fsp3) is 0.750. The number of hydrogen-bond acceptors (Lipinski definition) is 3. The average molecular weight is 158 g/mol. The summed E-state index contributed by atoms with van der Waals surface area (Å²) >= 11 is 0. The van der Waals surface area contributed by atoms with Gasteiger partial charge in [0.25, 0.3) is 0 Å². The van der Waals surface area contributed by atoms with E-state index in [0.717, 1.165) is 6.29 Å². The van der Waals surface area contributed by atoms with Gasteiger partial charge in [0.15, 0.2) is 0 Å². The minimum atomic E-state index is -0.507. The largest absolute Gasteiger partial charge is 0.460 e. The van der Waals surface area contributed by atoms with E-state index in [1.54, 1.807) is 13.8 Å². The maximum atomic E-state index is 10.5. The summed E-state index contributed by atoms with van der Waals surface area (Å²) in [6.45, 7) is 4.94. The van der Waals surface area contributed by atoms with Crippen LogP contribution in [0.25, 0.3) is 0 Å². The zero-order valence-electron chi connectivity index (χ0n) is 7.22. The Morgan fingerprint density at radius 3 is 2.45 bits per heavy atom. The lowest BCUT2D eigenvalue weighted by Crippen LogP contribution is -2.26. The van der Waals surface area contributed by atoms with Gasteiger partial charge in [-0.2, -0.15) is 0 Å². The number of ether oxygens (including phenoxy) is 1. The molecule has 0 saturated carbocycles. The smallest absolute Gasteiger partial charge is 0.303 e. The molecule has 0 amide bonds. The molecule has 0 aromatic heterocycles. The van der Waals surface area contributed by atoms with E-state index in [9.17, 15) is 9.59 Å². The summed E-state index contributed by atoms with van der Waals surface area (Å²) in [5.41, 5.74) is -0.507. The minimum absolute atomic E-state index is 0.305. The van der Waals surface area contributed by atoms with Gasteiger partial charge in [-0.05, 0) is 20.3 Å². The highest BCUT2D eigenvalue weighted by atomic mass is 16.6. The second-order valence-corrected chi connectivity index (χ2v) is 3.06. The maximum Gasteiger partial charge on any atom is 0.303 e. The zero-order chi connectivity index (χ0) is 8.91. The van der Waals surface area contributed by atoms with Crippen molar-refractivity contribution in [3.05, 3.63) is 0 Å². The van der Waals surface area contributed by atoms with Gasteiger partial charge in [0.1, 0.15) is 11.9 Å². The topological polar surface area (TPSA) is 43.4 Å². The molecule has 0 aromatic rings. The summed E-state index contributed by atoms with van der Waals surface area (Å²) in [5, 5.41) is 0. The van der Waals surface area contributed by atoms with Gasteiger partial charge >= 0.3 is 5.97 Å². The fourth-order valence-corrected chi connectivity index (χ4v) is 0.847. The minimum Gasteiger partial charge on any atom is -0.460 e. The Morgan fingerprint density at radius 2 is 2.09 bits per heavy atom. The van der Waals surface area contributed by atoms with Crippen molar-refractivity contribution in [3.63, 3.8) is 0 Å². The van der Waals surface area contributed by atoms with Crippen molar-refractivity contribution in [2.45, 2.75) is 39.2 Å². The quantitative estimate of drug-likeness (QED) is 0.457. The molecule has 0 N–H and O–H groups in total. The van der Waals surface area contributed by atoms with E-state index in [4.69, 9.17) is 4.74 Å². The first-order valence-electron chi connectivity index (χ1n) is 3.61. The van der Waals surface area contributed by atoms with Crippen LogP contribution >= 0.6 is 0 Å². The lowest BCUT2D eigenvalue weighted by molar-refractivity contribution is -0.154. The standard InChI is InChI=1S/C8H14O3/c1-7(10)11-8(2,3)5-4-6-9/h6H,4-5H2,1-3H3. The van der Waals surface area contributed by atoms with Crippen molar-refractivity contribution in [1.29, 1.82) is 0 Å². The summed E-state index contributed by atoms with van der Waals surface area (Å²) in [6, 6.07) is 0. The van der Waals surface area contributed by atoms with Gasteiger partial charge in [0.05, 0.1) is 0 Å². The van der Waals surface area contributed by atoms with Crippen LogP contribution in [0.5, 0.6) is 0 Å². The van der Waals surface area contributed by atoms with E-state index in [-0.39, 0.29) is 5.97 Å². The summed E-state index contributed by atoms with van der Waals surface area (Å²) in [5.74, 6) is -0.305. The second-order valence-electron chi connectivity index (χ2n) is 3.06. The van der Waals surface area contributed by atoms with Crippen LogP contribution in [0.1, 0.15) is 33.6 Å². The molecule has 0 rings (SSSR count). The van der Waals surface area contributed by atoms with E-state index in [2.05, 4.69) is 0 Å². The zero-order valence-corrected chi connectivity index (χ0v) is 7.22. The second kappa shape index (κ2) is 4.11. The molecule has 0 aliphatic carbocycles. The normalized spacial score (nSPS) is 10.8. The van der Waals surface area contributed by atoms with Crippen LogP contribution < -0.4 is 0 Å². The molecule has 0 bridgehead atoms. The first-order chi connectivity index (χ1) is 4.98. The molecule has 0 spiro atoms.